The molecule has 0 radical (unpaired) electrons. The number of rotatable bonds is 3. The molecule has 1 aromatic rings. The first-order valence-electron chi connectivity index (χ1n) is 5.40. The van der Waals surface area contributed by atoms with Gasteiger partial charge in [0, 0.05) is 6.07 Å². The maximum Gasteiger partial charge on any atom is 0.304 e. The van der Waals surface area contributed by atoms with Crippen molar-refractivity contribution in [3.63, 3.8) is 0 Å². The number of benzene rings is 1. The molecular weight excluding hydrogens is 223 g/mol. The molecule has 1 fully saturated rings. The van der Waals surface area contributed by atoms with Crippen molar-refractivity contribution in [3.05, 3.63) is 39.7 Å². The summed E-state index contributed by atoms with van der Waals surface area (Å²) in [5.41, 5.74) is -0.259. The summed E-state index contributed by atoms with van der Waals surface area (Å²) in [5.74, 6) is -0.833. The van der Waals surface area contributed by atoms with Crippen LogP contribution in [0.15, 0.2) is 18.2 Å². The van der Waals surface area contributed by atoms with Gasteiger partial charge in [0.05, 0.1) is 16.4 Å². The van der Waals surface area contributed by atoms with E-state index in [1.165, 1.54) is 6.07 Å². The molecule has 1 aliphatic rings. The highest BCUT2D eigenvalue weighted by molar-refractivity contribution is 5.36. The van der Waals surface area contributed by atoms with Crippen molar-refractivity contribution in [2.75, 3.05) is 0 Å². The SMILES string of the molecule is N#CC1(Cc2ccc([N+](=O)[O-])c(F)c2)CCC1. The summed E-state index contributed by atoms with van der Waals surface area (Å²) in [4.78, 5) is 9.71. The van der Waals surface area contributed by atoms with E-state index in [2.05, 4.69) is 6.07 Å². The molecule has 0 amide bonds. The Bertz CT molecular complexity index is 504. The van der Waals surface area contributed by atoms with E-state index >= 15 is 0 Å². The third kappa shape index (κ3) is 2.11. The zero-order valence-electron chi connectivity index (χ0n) is 9.15. The maximum atomic E-state index is 13.4. The van der Waals surface area contributed by atoms with Crippen LogP contribution in [0.5, 0.6) is 0 Å². The van der Waals surface area contributed by atoms with Gasteiger partial charge in [-0.15, -0.1) is 0 Å². The van der Waals surface area contributed by atoms with Gasteiger partial charge < -0.3 is 0 Å². The van der Waals surface area contributed by atoms with Gasteiger partial charge in [0.15, 0.2) is 0 Å². The van der Waals surface area contributed by atoms with E-state index in [0.717, 1.165) is 31.4 Å². The number of nitro groups is 1. The molecule has 0 atom stereocenters. The average Bonchev–Trinajstić information content (AvgIpc) is 2.23. The molecule has 88 valence electrons. The van der Waals surface area contributed by atoms with Crippen molar-refractivity contribution in [2.24, 2.45) is 5.41 Å². The Labute approximate surface area is 97.8 Å². The fraction of sp³-hybridized carbons (Fsp3) is 0.417. The van der Waals surface area contributed by atoms with E-state index in [9.17, 15) is 14.5 Å². The van der Waals surface area contributed by atoms with Crippen LogP contribution in [0.1, 0.15) is 24.8 Å². The molecule has 0 spiro atoms. The Balaban J connectivity index is 2.21. The molecular formula is C12H11FN2O2. The van der Waals surface area contributed by atoms with Gasteiger partial charge in [0.25, 0.3) is 0 Å². The minimum Gasteiger partial charge on any atom is -0.258 e. The van der Waals surface area contributed by atoms with Crippen LogP contribution in [-0.2, 0) is 6.42 Å². The van der Waals surface area contributed by atoms with Gasteiger partial charge in [-0.05, 0) is 30.9 Å². The van der Waals surface area contributed by atoms with Crippen LogP contribution in [0, 0.1) is 32.7 Å². The zero-order chi connectivity index (χ0) is 12.5. The lowest BCUT2D eigenvalue weighted by Crippen LogP contribution is -2.29. The third-order valence-corrected chi connectivity index (χ3v) is 3.30. The molecule has 1 aliphatic carbocycles. The summed E-state index contributed by atoms with van der Waals surface area (Å²) >= 11 is 0. The second-order valence-corrected chi connectivity index (χ2v) is 4.47. The van der Waals surface area contributed by atoms with E-state index in [-0.39, 0.29) is 5.41 Å². The number of nitrogens with zero attached hydrogens (tertiary/aromatic N) is 2. The Hall–Kier alpha value is -1.96. The van der Waals surface area contributed by atoms with Crippen molar-refractivity contribution >= 4 is 5.69 Å². The first kappa shape index (κ1) is 11.5. The molecule has 0 N–H and O–H groups in total. The predicted molar refractivity (Wildman–Crippen MR) is 58.7 cm³/mol. The van der Waals surface area contributed by atoms with E-state index in [1.807, 2.05) is 0 Å². The number of hydrogen-bond acceptors (Lipinski definition) is 3. The normalized spacial score (nSPS) is 16.9. The standard InChI is InChI=1S/C12H11FN2O2/c13-10-6-9(2-3-11(10)15(16)17)7-12(8-14)4-1-5-12/h2-3,6H,1,4-5,7H2. The molecule has 0 unspecified atom stereocenters. The summed E-state index contributed by atoms with van der Waals surface area (Å²) in [6.45, 7) is 0. The lowest BCUT2D eigenvalue weighted by Gasteiger charge is -2.35. The van der Waals surface area contributed by atoms with E-state index in [1.54, 1.807) is 0 Å². The maximum absolute atomic E-state index is 13.4. The minimum atomic E-state index is -0.833. The van der Waals surface area contributed by atoms with Crippen molar-refractivity contribution in [3.8, 4) is 6.07 Å². The summed E-state index contributed by atoms with van der Waals surface area (Å²) in [6, 6.07) is 6.11. The summed E-state index contributed by atoms with van der Waals surface area (Å²) in [5, 5.41) is 19.5. The van der Waals surface area contributed by atoms with Crippen LogP contribution in [0.3, 0.4) is 0 Å². The topological polar surface area (TPSA) is 66.9 Å². The van der Waals surface area contributed by atoms with Gasteiger partial charge in [0.2, 0.25) is 5.82 Å². The molecule has 0 aromatic heterocycles. The average molecular weight is 234 g/mol. The summed E-state index contributed by atoms with van der Waals surface area (Å²) < 4.78 is 13.4. The van der Waals surface area contributed by atoms with Crippen LogP contribution in [0.2, 0.25) is 0 Å². The van der Waals surface area contributed by atoms with Crippen LogP contribution >= 0.6 is 0 Å². The highest BCUT2D eigenvalue weighted by Crippen LogP contribution is 2.43. The zero-order valence-corrected chi connectivity index (χ0v) is 9.15. The monoisotopic (exact) mass is 234 g/mol. The molecule has 1 aromatic carbocycles. The minimum absolute atomic E-state index is 0.386. The fourth-order valence-corrected chi connectivity index (χ4v) is 2.13. The van der Waals surface area contributed by atoms with E-state index in [0.29, 0.717) is 12.0 Å². The first-order chi connectivity index (χ1) is 8.06. The van der Waals surface area contributed by atoms with Crippen molar-refractivity contribution in [1.29, 1.82) is 5.26 Å². The molecule has 0 bridgehead atoms. The molecule has 4 nitrogen and oxygen atoms in total. The number of hydrogen-bond donors (Lipinski definition) is 0. The van der Waals surface area contributed by atoms with Crippen molar-refractivity contribution < 1.29 is 9.31 Å². The largest absolute Gasteiger partial charge is 0.304 e. The first-order valence-corrected chi connectivity index (χ1v) is 5.40. The van der Waals surface area contributed by atoms with Crippen molar-refractivity contribution in [1.82, 2.24) is 0 Å². The quantitative estimate of drug-likeness (QED) is 0.596. The predicted octanol–water partition coefficient (Wildman–Crippen LogP) is 2.97. The van der Waals surface area contributed by atoms with Crippen LogP contribution in [-0.4, -0.2) is 4.92 Å². The fourth-order valence-electron chi connectivity index (χ4n) is 2.13. The molecule has 1 saturated carbocycles. The van der Waals surface area contributed by atoms with Crippen LogP contribution < -0.4 is 0 Å². The van der Waals surface area contributed by atoms with Gasteiger partial charge >= 0.3 is 5.69 Å². The molecule has 2 rings (SSSR count). The van der Waals surface area contributed by atoms with E-state index in [4.69, 9.17) is 5.26 Å². The highest BCUT2D eigenvalue weighted by Gasteiger charge is 2.37. The second kappa shape index (κ2) is 4.13. The summed E-state index contributed by atoms with van der Waals surface area (Å²) in [7, 11) is 0. The number of nitro benzene ring substituents is 1. The van der Waals surface area contributed by atoms with Crippen molar-refractivity contribution in [2.45, 2.75) is 25.7 Å². The molecule has 5 heteroatoms. The molecule has 0 heterocycles. The molecule has 17 heavy (non-hydrogen) atoms. The van der Waals surface area contributed by atoms with Crippen LogP contribution in [0.25, 0.3) is 0 Å². The summed E-state index contributed by atoms with van der Waals surface area (Å²) in [6.07, 6.45) is 3.13. The van der Waals surface area contributed by atoms with Gasteiger partial charge in [-0.25, -0.2) is 0 Å². The Morgan fingerprint density at radius 1 is 1.53 bits per heavy atom. The lowest BCUT2D eigenvalue weighted by molar-refractivity contribution is -0.387. The Morgan fingerprint density at radius 3 is 2.65 bits per heavy atom. The number of halogens is 1. The third-order valence-electron chi connectivity index (χ3n) is 3.30. The second-order valence-electron chi connectivity index (χ2n) is 4.47. The van der Waals surface area contributed by atoms with Gasteiger partial charge in [0.1, 0.15) is 0 Å². The molecule has 0 saturated heterocycles. The van der Waals surface area contributed by atoms with Crippen LogP contribution in [0.4, 0.5) is 10.1 Å². The van der Waals surface area contributed by atoms with E-state index < -0.39 is 16.4 Å². The lowest BCUT2D eigenvalue weighted by atomic mass is 9.66. The van der Waals surface area contributed by atoms with Gasteiger partial charge in [-0.3, -0.25) is 10.1 Å². The number of nitriles is 1. The Kier molecular flexibility index (Phi) is 2.80. The van der Waals surface area contributed by atoms with Gasteiger partial charge in [-0.1, -0.05) is 12.5 Å². The molecule has 0 aliphatic heterocycles. The van der Waals surface area contributed by atoms with Gasteiger partial charge in [-0.2, -0.15) is 9.65 Å². The smallest absolute Gasteiger partial charge is 0.258 e. The Morgan fingerprint density at radius 2 is 2.24 bits per heavy atom. The highest BCUT2D eigenvalue weighted by atomic mass is 19.1.